The van der Waals surface area contributed by atoms with Gasteiger partial charge in [0.15, 0.2) is 5.75 Å². The van der Waals surface area contributed by atoms with E-state index < -0.39 is 16.4 Å². The van der Waals surface area contributed by atoms with Gasteiger partial charge < -0.3 is 4.74 Å². The van der Waals surface area contributed by atoms with Gasteiger partial charge in [-0.1, -0.05) is 0 Å². The minimum Gasteiger partial charge on any atom is -0.482 e. The van der Waals surface area contributed by atoms with Crippen LogP contribution in [0.25, 0.3) is 0 Å². The molecule has 1 aromatic heterocycles. The van der Waals surface area contributed by atoms with Crippen LogP contribution in [0.3, 0.4) is 0 Å². The number of benzene rings is 1. The Morgan fingerprint density at radius 3 is 2.84 bits per heavy atom. The normalized spacial score (nSPS) is 10.2. The van der Waals surface area contributed by atoms with Gasteiger partial charge in [-0.3, -0.25) is 15.1 Å². The standard InChI is InChI=1S/C12H8BrFN2O3/c13-9-3-8(5-15-6-9)7-19-12-2-1-10(14)4-11(12)16(17)18/h1-6H,7H2. The van der Waals surface area contributed by atoms with Gasteiger partial charge >= 0.3 is 5.69 Å². The van der Waals surface area contributed by atoms with Crippen LogP contribution in [0.4, 0.5) is 10.1 Å². The van der Waals surface area contributed by atoms with Crippen molar-refractivity contribution in [1.29, 1.82) is 0 Å². The van der Waals surface area contributed by atoms with Gasteiger partial charge in [0.25, 0.3) is 0 Å². The summed E-state index contributed by atoms with van der Waals surface area (Å²) in [6.45, 7) is 0.110. The maximum absolute atomic E-state index is 12.9. The number of pyridine rings is 1. The topological polar surface area (TPSA) is 65.3 Å². The van der Waals surface area contributed by atoms with E-state index in [1.54, 1.807) is 18.5 Å². The van der Waals surface area contributed by atoms with E-state index in [-0.39, 0.29) is 12.4 Å². The molecule has 1 aromatic carbocycles. The van der Waals surface area contributed by atoms with Crippen LogP contribution < -0.4 is 4.74 Å². The number of ether oxygens (including phenoxy) is 1. The van der Waals surface area contributed by atoms with Crippen LogP contribution in [0.2, 0.25) is 0 Å². The van der Waals surface area contributed by atoms with Crippen molar-refractivity contribution in [2.45, 2.75) is 6.61 Å². The first-order chi connectivity index (χ1) is 9.06. The van der Waals surface area contributed by atoms with E-state index in [4.69, 9.17) is 4.74 Å². The van der Waals surface area contributed by atoms with Crippen LogP contribution in [-0.4, -0.2) is 9.91 Å². The fraction of sp³-hybridized carbons (Fsp3) is 0.0833. The Morgan fingerprint density at radius 2 is 2.16 bits per heavy atom. The van der Waals surface area contributed by atoms with Gasteiger partial charge in [-0.25, -0.2) is 4.39 Å². The second-order valence-corrected chi connectivity index (χ2v) is 4.58. The zero-order valence-electron chi connectivity index (χ0n) is 9.55. The van der Waals surface area contributed by atoms with Gasteiger partial charge in [-0.15, -0.1) is 0 Å². The Bertz CT molecular complexity index is 622. The lowest BCUT2D eigenvalue weighted by Crippen LogP contribution is -2.00. The Hall–Kier alpha value is -2.02. The summed E-state index contributed by atoms with van der Waals surface area (Å²) >= 11 is 3.26. The predicted molar refractivity (Wildman–Crippen MR) is 69.3 cm³/mol. The predicted octanol–water partition coefficient (Wildman–Crippen LogP) is 3.47. The molecule has 0 aliphatic heterocycles. The van der Waals surface area contributed by atoms with Gasteiger partial charge in [0.1, 0.15) is 12.4 Å². The van der Waals surface area contributed by atoms with Crippen molar-refractivity contribution in [2.75, 3.05) is 0 Å². The highest BCUT2D eigenvalue weighted by Gasteiger charge is 2.16. The molecule has 0 bridgehead atoms. The average molecular weight is 327 g/mol. The highest BCUT2D eigenvalue weighted by Crippen LogP contribution is 2.28. The van der Waals surface area contributed by atoms with Crippen molar-refractivity contribution in [3.05, 3.63) is 62.6 Å². The van der Waals surface area contributed by atoms with Crippen LogP contribution in [0.5, 0.6) is 5.75 Å². The summed E-state index contributed by atoms with van der Waals surface area (Å²) in [5.41, 5.74) is 0.343. The number of halogens is 2. The largest absolute Gasteiger partial charge is 0.482 e. The zero-order chi connectivity index (χ0) is 13.8. The lowest BCUT2D eigenvalue weighted by atomic mass is 10.3. The van der Waals surface area contributed by atoms with Crippen molar-refractivity contribution in [2.24, 2.45) is 0 Å². The molecule has 0 fully saturated rings. The molecule has 5 nitrogen and oxygen atoms in total. The van der Waals surface area contributed by atoms with Gasteiger partial charge in [-0.05, 0) is 34.1 Å². The van der Waals surface area contributed by atoms with Gasteiger partial charge in [0, 0.05) is 22.4 Å². The number of nitro benzene ring substituents is 1. The van der Waals surface area contributed by atoms with Crippen molar-refractivity contribution < 1.29 is 14.1 Å². The molecule has 0 aliphatic rings. The van der Waals surface area contributed by atoms with Crippen molar-refractivity contribution in [3.8, 4) is 5.75 Å². The Balaban J connectivity index is 2.17. The number of hydrogen-bond donors (Lipinski definition) is 0. The highest BCUT2D eigenvalue weighted by molar-refractivity contribution is 9.10. The van der Waals surface area contributed by atoms with E-state index in [1.807, 2.05) is 0 Å². The van der Waals surface area contributed by atoms with Gasteiger partial charge in [0.2, 0.25) is 0 Å². The van der Waals surface area contributed by atoms with Crippen LogP contribution in [0, 0.1) is 15.9 Å². The monoisotopic (exact) mass is 326 g/mol. The van der Waals surface area contributed by atoms with Crippen molar-refractivity contribution >= 4 is 21.6 Å². The summed E-state index contributed by atoms with van der Waals surface area (Å²) in [4.78, 5) is 14.0. The Morgan fingerprint density at radius 1 is 1.37 bits per heavy atom. The van der Waals surface area contributed by atoms with E-state index in [2.05, 4.69) is 20.9 Å². The lowest BCUT2D eigenvalue weighted by Gasteiger charge is -2.06. The molecule has 0 amide bonds. The third kappa shape index (κ3) is 3.47. The fourth-order valence-corrected chi connectivity index (χ4v) is 1.86. The summed E-state index contributed by atoms with van der Waals surface area (Å²) in [6, 6.07) is 4.96. The molecule has 19 heavy (non-hydrogen) atoms. The SMILES string of the molecule is O=[N+]([O-])c1cc(F)ccc1OCc1cncc(Br)c1. The first-order valence-corrected chi connectivity index (χ1v) is 6.02. The van der Waals surface area contributed by atoms with E-state index in [9.17, 15) is 14.5 Å². The third-order valence-corrected chi connectivity index (χ3v) is 2.71. The molecule has 2 rings (SSSR count). The molecule has 0 N–H and O–H groups in total. The smallest absolute Gasteiger partial charge is 0.313 e. The molecule has 0 saturated carbocycles. The molecule has 0 atom stereocenters. The maximum Gasteiger partial charge on any atom is 0.313 e. The molecule has 1 heterocycles. The van der Waals surface area contributed by atoms with Crippen molar-refractivity contribution in [3.63, 3.8) is 0 Å². The second kappa shape index (κ2) is 5.75. The molecule has 2 aromatic rings. The van der Waals surface area contributed by atoms with Gasteiger partial charge in [-0.2, -0.15) is 0 Å². The number of nitro groups is 1. The summed E-state index contributed by atoms with van der Waals surface area (Å²) < 4.78 is 19.1. The first-order valence-electron chi connectivity index (χ1n) is 5.22. The van der Waals surface area contributed by atoms with E-state index in [1.165, 1.54) is 6.07 Å². The highest BCUT2D eigenvalue weighted by atomic mass is 79.9. The molecule has 0 spiro atoms. The molecular formula is C12H8BrFN2O3. The average Bonchev–Trinajstić information content (AvgIpc) is 2.37. The maximum atomic E-state index is 12.9. The summed E-state index contributed by atoms with van der Waals surface area (Å²) in [6.07, 6.45) is 3.20. The van der Waals surface area contributed by atoms with Crippen LogP contribution >= 0.6 is 15.9 Å². The summed E-state index contributed by atoms with van der Waals surface area (Å²) in [5, 5.41) is 10.8. The molecule has 98 valence electrons. The van der Waals surface area contributed by atoms with Crippen LogP contribution in [-0.2, 0) is 6.61 Å². The Kier molecular flexibility index (Phi) is 4.06. The second-order valence-electron chi connectivity index (χ2n) is 3.67. The number of hydrogen-bond acceptors (Lipinski definition) is 4. The van der Waals surface area contributed by atoms with Gasteiger partial charge in [0.05, 0.1) is 11.0 Å². The summed E-state index contributed by atoms with van der Waals surface area (Å²) in [5.74, 6) is -0.658. The van der Waals surface area contributed by atoms with E-state index in [0.29, 0.717) is 0 Å². The fourth-order valence-electron chi connectivity index (χ4n) is 1.45. The molecule has 0 aliphatic carbocycles. The number of nitrogens with zero attached hydrogens (tertiary/aromatic N) is 2. The van der Waals surface area contributed by atoms with Crippen LogP contribution in [0.15, 0.2) is 41.1 Å². The minimum absolute atomic E-state index is 0.0198. The molecular weight excluding hydrogens is 319 g/mol. The number of rotatable bonds is 4. The van der Waals surface area contributed by atoms with Crippen LogP contribution in [0.1, 0.15) is 5.56 Å². The third-order valence-electron chi connectivity index (χ3n) is 2.27. The van der Waals surface area contributed by atoms with Crippen molar-refractivity contribution in [1.82, 2.24) is 4.98 Å². The lowest BCUT2D eigenvalue weighted by molar-refractivity contribution is -0.386. The molecule has 0 unspecified atom stereocenters. The number of aromatic nitrogens is 1. The quantitative estimate of drug-likeness (QED) is 0.637. The molecule has 7 heteroatoms. The first kappa shape index (κ1) is 13.4. The summed E-state index contributed by atoms with van der Waals surface area (Å²) in [7, 11) is 0. The minimum atomic E-state index is -0.683. The van der Waals surface area contributed by atoms with E-state index >= 15 is 0 Å². The van der Waals surface area contributed by atoms with E-state index in [0.717, 1.165) is 22.2 Å². The molecule has 0 saturated heterocycles. The molecule has 0 radical (unpaired) electrons. The Labute approximate surface area is 116 Å². The zero-order valence-corrected chi connectivity index (χ0v) is 11.1.